The van der Waals surface area contributed by atoms with Crippen molar-refractivity contribution in [2.75, 3.05) is 7.11 Å². The van der Waals surface area contributed by atoms with Gasteiger partial charge in [0.2, 0.25) is 5.91 Å². The molecule has 8 nitrogen and oxygen atoms in total. The van der Waals surface area contributed by atoms with Crippen LogP contribution >= 0.6 is 0 Å². The molecule has 152 valence electrons. The number of aryl methyl sites for hydroxylation is 1. The van der Waals surface area contributed by atoms with E-state index in [4.69, 9.17) is 4.74 Å². The zero-order valence-corrected chi connectivity index (χ0v) is 16.7. The monoisotopic (exact) mass is 403 g/mol. The zero-order valence-electron chi connectivity index (χ0n) is 16.7. The van der Waals surface area contributed by atoms with Gasteiger partial charge in [-0.05, 0) is 19.1 Å². The molecule has 4 rings (SSSR count). The molecular formula is C22H21N5O3. The van der Waals surface area contributed by atoms with E-state index in [9.17, 15) is 9.59 Å². The van der Waals surface area contributed by atoms with Crippen LogP contribution in [0.15, 0.2) is 65.5 Å². The molecule has 0 saturated carbocycles. The van der Waals surface area contributed by atoms with E-state index in [0.29, 0.717) is 29.3 Å². The molecule has 0 fully saturated rings. The van der Waals surface area contributed by atoms with Gasteiger partial charge in [-0.15, -0.1) is 0 Å². The van der Waals surface area contributed by atoms with Crippen molar-refractivity contribution in [1.82, 2.24) is 24.7 Å². The molecule has 0 atom stereocenters. The Labute approximate surface area is 172 Å². The van der Waals surface area contributed by atoms with E-state index in [-0.39, 0.29) is 18.0 Å². The first-order valence-corrected chi connectivity index (χ1v) is 9.48. The average molecular weight is 403 g/mol. The molecular weight excluding hydrogens is 382 g/mol. The van der Waals surface area contributed by atoms with Crippen molar-refractivity contribution >= 4 is 11.4 Å². The maximum atomic E-state index is 12.9. The number of hydrogen-bond donors (Lipinski definition) is 1. The fourth-order valence-electron chi connectivity index (χ4n) is 3.27. The Balaban J connectivity index is 1.56. The van der Waals surface area contributed by atoms with Gasteiger partial charge in [-0.25, -0.2) is 9.20 Å². The van der Waals surface area contributed by atoms with Crippen LogP contribution in [-0.2, 0) is 17.9 Å². The van der Waals surface area contributed by atoms with Gasteiger partial charge < -0.3 is 10.1 Å². The van der Waals surface area contributed by atoms with Gasteiger partial charge in [-0.3, -0.25) is 9.59 Å². The van der Waals surface area contributed by atoms with Gasteiger partial charge in [0.15, 0.2) is 0 Å². The molecule has 4 aromatic rings. The molecule has 0 aliphatic rings. The van der Waals surface area contributed by atoms with Crippen LogP contribution in [0.4, 0.5) is 0 Å². The summed E-state index contributed by atoms with van der Waals surface area (Å²) in [6.45, 7) is 1.86. The highest BCUT2D eigenvalue weighted by molar-refractivity contribution is 5.76. The molecule has 30 heavy (non-hydrogen) atoms. The number of amides is 1. The summed E-state index contributed by atoms with van der Waals surface area (Å²) < 4.78 is 7.96. The number of benzene rings is 2. The molecule has 0 bridgehead atoms. The second kappa shape index (κ2) is 8.20. The zero-order chi connectivity index (χ0) is 21.1. The molecule has 2 aromatic carbocycles. The van der Waals surface area contributed by atoms with Crippen LogP contribution in [0, 0.1) is 6.92 Å². The highest BCUT2D eigenvalue weighted by atomic mass is 16.5. The average Bonchev–Trinajstić information content (AvgIpc) is 3.23. The lowest BCUT2D eigenvalue weighted by Gasteiger charge is -2.10. The quantitative estimate of drug-likeness (QED) is 0.533. The normalized spacial score (nSPS) is 10.9. The Kier molecular flexibility index (Phi) is 5.30. The Morgan fingerprint density at radius 3 is 2.57 bits per heavy atom. The number of carbonyl (C=O) groups is 1. The number of methoxy groups -OCH3 is 1. The lowest BCUT2D eigenvalue weighted by atomic mass is 10.1. The minimum atomic E-state index is -0.372. The fourth-order valence-corrected chi connectivity index (χ4v) is 3.27. The number of aromatic nitrogens is 4. The van der Waals surface area contributed by atoms with Crippen molar-refractivity contribution < 1.29 is 9.53 Å². The molecule has 0 spiro atoms. The van der Waals surface area contributed by atoms with Crippen LogP contribution in [0.3, 0.4) is 0 Å². The van der Waals surface area contributed by atoms with Crippen molar-refractivity contribution in [3.05, 3.63) is 82.4 Å². The second-order valence-corrected chi connectivity index (χ2v) is 6.79. The highest BCUT2D eigenvalue weighted by Gasteiger charge is 2.15. The molecule has 8 heteroatoms. The third-order valence-electron chi connectivity index (χ3n) is 4.77. The lowest BCUT2D eigenvalue weighted by Crippen LogP contribution is -2.34. The molecule has 1 N–H and O–H groups in total. The Morgan fingerprint density at radius 2 is 1.80 bits per heavy atom. The highest BCUT2D eigenvalue weighted by Crippen LogP contribution is 2.18. The number of para-hydroxylation sites is 1. The predicted molar refractivity (Wildman–Crippen MR) is 112 cm³/mol. The number of hydrogen-bond acceptors (Lipinski definition) is 5. The fraction of sp³-hybridized carbons (Fsp3) is 0.182. The largest absolute Gasteiger partial charge is 0.496 e. The van der Waals surface area contributed by atoms with Gasteiger partial charge in [0.05, 0.1) is 12.8 Å². The van der Waals surface area contributed by atoms with Crippen molar-refractivity contribution in [3.8, 4) is 17.0 Å². The van der Waals surface area contributed by atoms with Crippen LogP contribution in [0.5, 0.6) is 5.75 Å². The summed E-state index contributed by atoms with van der Waals surface area (Å²) in [5.74, 6) is 0.893. The second-order valence-electron chi connectivity index (χ2n) is 6.79. The predicted octanol–water partition coefficient (Wildman–Crippen LogP) is 2.19. The Morgan fingerprint density at radius 1 is 1.07 bits per heavy atom. The van der Waals surface area contributed by atoms with Crippen molar-refractivity contribution in [3.63, 3.8) is 0 Å². The van der Waals surface area contributed by atoms with Crippen LogP contribution in [-0.4, -0.2) is 32.4 Å². The third kappa shape index (κ3) is 3.80. The summed E-state index contributed by atoms with van der Waals surface area (Å²) in [5, 5.41) is 11.5. The van der Waals surface area contributed by atoms with Crippen molar-refractivity contribution in [2.45, 2.75) is 20.0 Å². The number of nitrogens with one attached hydrogen (secondary N) is 1. The topological polar surface area (TPSA) is 90.5 Å². The Hall–Kier alpha value is -3.94. The van der Waals surface area contributed by atoms with Gasteiger partial charge in [-0.2, -0.15) is 10.2 Å². The molecule has 0 aliphatic heterocycles. The summed E-state index contributed by atoms with van der Waals surface area (Å²) in [7, 11) is 1.58. The molecule has 2 heterocycles. The molecule has 0 radical (unpaired) electrons. The van der Waals surface area contributed by atoms with Crippen molar-refractivity contribution in [1.29, 1.82) is 0 Å². The summed E-state index contributed by atoms with van der Waals surface area (Å²) >= 11 is 0. The number of carbonyl (C=O) groups excluding carboxylic acids is 1. The summed E-state index contributed by atoms with van der Waals surface area (Å²) in [5.41, 5.74) is 2.43. The van der Waals surface area contributed by atoms with Crippen LogP contribution in [0.25, 0.3) is 16.8 Å². The van der Waals surface area contributed by atoms with E-state index in [2.05, 4.69) is 15.5 Å². The first-order valence-electron chi connectivity index (χ1n) is 9.48. The lowest BCUT2D eigenvalue weighted by molar-refractivity contribution is -0.122. The van der Waals surface area contributed by atoms with E-state index < -0.39 is 0 Å². The maximum Gasteiger partial charge on any atom is 0.293 e. The van der Waals surface area contributed by atoms with E-state index in [1.807, 2.05) is 54.6 Å². The van der Waals surface area contributed by atoms with Crippen LogP contribution < -0.4 is 15.6 Å². The summed E-state index contributed by atoms with van der Waals surface area (Å²) in [4.78, 5) is 25.3. The van der Waals surface area contributed by atoms with E-state index in [0.717, 1.165) is 11.1 Å². The first-order chi connectivity index (χ1) is 14.6. The smallest absolute Gasteiger partial charge is 0.293 e. The van der Waals surface area contributed by atoms with Crippen molar-refractivity contribution in [2.24, 2.45) is 0 Å². The number of rotatable bonds is 6. The summed E-state index contributed by atoms with van der Waals surface area (Å²) in [6, 6.07) is 18.7. The van der Waals surface area contributed by atoms with Gasteiger partial charge in [0.25, 0.3) is 5.56 Å². The minimum Gasteiger partial charge on any atom is -0.496 e. The SMILES string of the molecule is COc1ccccc1CNC(=O)Cn1nc(C)n2nc(-c3ccccc3)cc2c1=O. The Bertz CT molecular complexity index is 1260. The van der Waals surface area contributed by atoms with E-state index in [1.54, 1.807) is 20.1 Å². The van der Waals surface area contributed by atoms with Gasteiger partial charge in [-0.1, -0.05) is 48.5 Å². The molecule has 0 unspecified atom stereocenters. The first kappa shape index (κ1) is 19.4. The standard InChI is InChI=1S/C22H21N5O3/c1-15-24-26(14-21(28)23-13-17-10-6-7-11-20(17)30-2)22(29)19-12-18(25-27(15)19)16-8-4-3-5-9-16/h3-12H,13-14H2,1-2H3,(H,23,28). The van der Waals surface area contributed by atoms with Gasteiger partial charge >= 0.3 is 0 Å². The van der Waals surface area contributed by atoms with Crippen LogP contribution in [0.2, 0.25) is 0 Å². The van der Waals surface area contributed by atoms with Gasteiger partial charge in [0.1, 0.15) is 23.6 Å². The molecule has 1 amide bonds. The molecule has 0 saturated heterocycles. The van der Waals surface area contributed by atoms with E-state index in [1.165, 1.54) is 9.20 Å². The summed E-state index contributed by atoms with van der Waals surface area (Å²) in [6.07, 6.45) is 0. The van der Waals surface area contributed by atoms with Gasteiger partial charge in [0, 0.05) is 17.7 Å². The van der Waals surface area contributed by atoms with Crippen LogP contribution in [0.1, 0.15) is 11.4 Å². The maximum absolute atomic E-state index is 12.9. The third-order valence-corrected chi connectivity index (χ3v) is 4.77. The minimum absolute atomic E-state index is 0.183. The molecule has 2 aromatic heterocycles. The number of ether oxygens (including phenoxy) is 1. The molecule has 0 aliphatic carbocycles. The van der Waals surface area contributed by atoms with E-state index >= 15 is 0 Å². The number of nitrogens with zero attached hydrogens (tertiary/aromatic N) is 4. The number of fused-ring (bicyclic) bond motifs is 1.